The third-order valence-electron chi connectivity index (χ3n) is 9.43. The lowest BCUT2D eigenvalue weighted by Crippen LogP contribution is -2.40. The van der Waals surface area contributed by atoms with E-state index in [2.05, 4.69) is 98.2 Å². The summed E-state index contributed by atoms with van der Waals surface area (Å²) in [5.74, 6) is -1.35. The largest absolute Gasteiger partial charge is 0.480 e. The zero-order chi connectivity index (χ0) is 41.0. The lowest BCUT2D eigenvalue weighted by Gasteiger charge is -2.15. The Kier molecular flexibility index (Phi) is 40.1. The number of aliphatic carboxylic acids is 1. The van der Waals surface area contributed by atoms with Crippen LogP contribution in [-0.2, 0) is 19.1 Å². The first-order valence-corrected chi connectivity index (χ1v) is 22.4. The van der Waals surface area contributed by atoms with E-state index in [1.54, 1.807) is 0 Å². The molecule has 0 aliphatic carbocycles. The first kappa shape index (κ1) is 52.6. The standard InChI is InChI=1S/C49H82N2O5/c1-3-5-7-9-11-13-15-16-17-18-19-20-21-22-24-26-28-33-37-43-48(53)56-45(39-34-30-27-25-23-14-12-10-8-6-4-2)40-35-31-29-32-36-42-47(52)51-46(49(54)55)41-38-44-50/h5,7,11-14,16-17,19-20,25,27,34,39,45-46H,3-4,6,8-10,15,18,21-24,26,28-33,35-38,40-44,50H2,1-2H3,(H,51,52)(H,54,55)/b7-5-,13-11-,14-12-,17-16-,20-19-,27-25-,39-34-. The van der Waals surface area contributed by atoms with E-state index in [4.69, 9.17) is 10.5 Å². The van der Waals surface area contributed by atoms with Gasteiger partial charge in [-0.05, 0) is 115 Å². The van der Waals surface area contributed by atoms with Gasteiger partial charge in [0.2, 0.25) is 5.91 Å². The van der Waals surface area contributed by atoms with Gasteiger partial charge in [-0.1, -0.05) is 151 Å². The average Bonchev–Trinajstić information content (AvgIpc) is 3.18. The van der Waals surface area contributed by atoms with Crippen molar-refractivity contribution in [1.29, 1.82) is 0 Å². The second kappa shape index (κ2) is 42.7. The molecule has 1 amide bonds. The van der Waals surface area contributed by atoms with Crippen molar-refractivity contribution < 1.29 is 24.2 Å². The number of carbonyl (C=O) groups excluding carboxylic acids is 2. The van der Waals surface area contributed by atoms with Crippen LogP contribution >= 0.6 is 0 Å². The zero-order valence-corrected chi connectivity index (χ0v) is 35.7. The molecule has 0 saturated carbocycles. The molecule has 0 aliphatic rings. The van der Waals surface area contributed by atoms with Gasteiger partial charge in [0.25, 0.3) is 0 Å². The maximum atomic E-state index is 12.8. The molecule has 0 bridgehead atoms. The van der Waals surface area contributed by atoms with Gasteiger partial charge in [-0.25, -0.2) is 4.79 Å². The van der Waals surface area contributed by atoms with E-state index < -0.39 is 12.0 Å². The number of carboxylic acids is 1. The van der Waals surface area contributed by atoms with Gasteiger partial charge in [-0.2, -0.15) is 0 Å². The Morgan fingerprint density at radius 3 is 1.59 bits per heavy atom. The normalized spacial score (nSPS) is 13.5. The van der Waals surface area contributed by atoms with Gasteiger partial charge < -0.3 is 20.9 Å². The van der Waals surface area contributed by atoms with Gasteiger partial charge in [0.1, 0.15) is 12.1 Å². The molecule has 0 heterocycles. The van der Waals surface area contributed by atoms with E-state index in [1.807, 2.05) is 6.08 Å². The van der Waals surface area contributed by atoms with Crippen molar-refractivity contribution in [3.8, 4) is 0 Å². The molecule has 7 heteroatoms. The van der Waals surface area contributed by atoms with Crippen LogP contribution in [0.3, 0.4) is 0 Å². The second-order valence-electron chi connectivity index (χ2n) is 14.7. The topological polar surface area (TPSA) is 119 Å². The van der Waals surface area contributed by atoms with Crippen LogP contribution in [0.1, 0.15) is 187 Å². The Morgan fingerprint density at radius 1 is 0.554 bits per heavy atom. The number of amides is 1. The van der Waals surface area contributed by atoms with Crippen LogP contribution in [0.15, 0.2) is 85.1 Å². The van der Waals surface area contributed by atoms with E-state index in [0.29, 0.717) is 32.2 Å². The number of carboxylic acid groups (broad SMARTS) is 1. The number of ether oxygens (including phenoxy) is 1. The number of allylic oxidation sites excluding steroid dienone is 13. The van der Waals surface area contributed by atoms with Crippen molar-refractivity contribution in [3.05, 3.63) is 85.1 Å². The minimum Gasteiger partial charge on any atom is -0.480 e. The Hall–Kier alpha value is -3.45. The van der Waals surface area contributed by atoms with Crippen LogP contribution in [0.5, 0.6) is 0 Å². The minimum atomic E-state index is -1.02. The highest BCUT2D eigenvalue weighted by atomic mass is 16.5. The number of rotatable bonds is 39. The highest BCUT2D eigenvalue weighted by Gasteiger charge is 2.18. The summed E-state index contributed by atoms with van der Waals surface area (Å²) in [5.41, 5.74) is 5.48. The van der Waals surface area contributed by atoms with Gasteiger partial charge in [0.05, 0.1) is 0 Å². The predicted molar refractivity (Wildman–Crippen MR) is 238 cm³/mol. The van der Waals surface area contributed by atoms with E-state index >= 15 is 0 Å². The number of nitrogens with two attached hydrogens (primary N) is 1. The zero-order valence-electron chi connectivity index (χ0n) is 35.7. The monoisotopic (exact) mass is 779 g/mol. The quantitative estimate of drug-likeness (QED) is 0.0325. The summed E-state index contributed by atoms with van der Waals surface area (Å²) >= 11 is 0. The Bertz CT molecular complexity index is 1150. The van der Waals surface area contributed by atoms with Gasteiger partial charge in [-0.15, -0.1) is 0 Å². The highest BCUT2D eigenvalue weighted by Crippen LogP contribution is 2.15. The Labute approximate surface area is 343 Å². The number of nitrogens with one attached hydrogen (secondary N) is 1. The van der Waals surface area contributed by atoms with Crippen molar-refractivity contribution in [2.45, 2.75) is 199 Å². The van der Waals surface area contributed by atoms with Crippen LogP contribution < -0.4 is 11.1 Å². The summed E-state index contributed by atoms with van der Waals surface area (Å²) in [5, 5.41) is 11.9. The van der Waals surface area contributed by atoms with Crippen LogP contribution in [0.4, 0.5) is 0 Å². The molecule has 0 fully saturated rings. The number of hydrogen-bond acceptors (Lipinski definition) is 5. The van der Waals surface area contributed by atoms with Gasteiger partial charge in [0, 0.05) is 12.8 Å². The van der Waals surface area contributed by atoms with Gasteiger partial charge in [0.15, 0.2) is 0 Å². The molecule has 0 spiro atoms. The van der Waals surface area contributed by atoms with E-state index in [1.165, 1.54) is 38.5 Å². The lowest BCUT2D eigenvalue weighted by molar-refractivity contribution is -0.147. The molecular formula is C49H82N2O5. The highest BCUT2D eigenvalue weighted by molar-refractivity contribution is 5.83. The smallest absolute Gasteiger partial charge is 0.326 e. The van der Waals surface area contributed by atoms with Crippen molar-refractivity contribution in [2.75, 3.05) is 6.54 Å². The molecule has 7 nitrogen and oxygen atoms in total. The Morgan fingerprint density at radius 2 is 1.04 bits per heavy atom. The number of esters is 1. The molecule has 0 aliphatic heterocycles. The van der Waals surface area contributed by atoms with Gasteiger partial charge >= 0.3 is 11.9 Å². The maximum absolute atomic E-state index is 12.8. The molecule has 0 saturated heterocycles. The third kappa shape index (κ3) is 38.8. The van der Waals surface area contributed by atoms with Crippen LogP contribution in [0.2, 0.25) is 0 Å². The molecule has 56 heavy (non-hydrogen) atoms. The molecule has 2 unspecified atom stereocenters. The van der Waals surface area contributed by atoms with Crippen molar-refractivity contribution in [2.24, 2.45) is 5.73 Å². The Balaban J connectivity index is 4.42. The summed E-state index contributed by atoms with van der Waals surface area (Å²) in [6.07, 6.45) is 56.4. The van der Waals surface area contributed by atoms with E-state index in [-0.39, 0.29) is 18.0 Å². The summed E-state index contributed by atoms with van der Waals surface area (Å²) in [7, 11) is 0. The molecule has 318 valence electrons. The molecular weight excluding hydrogens is 697 g/mol. The molecule has 4 N–H and O–H groups in total. The fourth-order valence-corrected chi connectivity index (χ4v) is 6.07. The number of carbonyl (C=O) groups is 3. The van der Waals surface area contributed by atoms with E-state index in [0.717, 1.165) is 109 Å². The molecule has 0 aromatic rings. The maximum Gasteiger partial charge on any atom is 0.326 e. The van der Waals surface area contributed by atoms with Crippen molar-refractivity contribution >= 4 is 17.8 Å². The molecule has 0 aromatic carbocycles. The summed E-state index contributed by atoms with van der Waals surface area (Å²) in [6, 6.07) is -0.871. The molecule has 0 radical (unpaired) electrons. The fraction of sp³-hybridized carbons (Fsp3) is 0.653. The number of unbranched alkanes of at least 4 members (excludes halogenated alkanes) is 13. The first-order chi connectivity index (χ1) is 27.4. The van der Waals surface area contributed by atoms with Crippen LogP contribution in [-0.4, -0.2) is 41.6 Å². The lowest BCUT2D eigenvalue weighted by atomic mass is 10.1. The van der Waals surface area contributed by atoms with E-state index in [9.17, 15) is 19.5 Å². The van der Waals surface area contributed by atoms with Gasteiger partial charge in [-0.3, -0.25) is 9.59 Å². The fourth-order valence-electron chi connectivity index (χ4n) is 6.07. The summed E-state index contributed by atoms with van der Waals surface area (Å²) < 4.78 is 5.93. The third-order valence-corrected chi connectivity index (χ3v) is 9.43. The summed E-state index contributed by atoms with van der Waals surface area (Å²) in [6.45, 7) is 4.78. The molecule has 0 aromatic heterocycles. The first-order valence-electron chi connectivity index (χ1n) is 22.4. The average molecular weight is 779 g/mol. The number of hydrogen-bond donors (Lipinski definition) is 3. The minimum absolute atomic E-state index is 0.111. The van der Waals surface area contributed by atoms with Crippen molar-refractivity contribution in [1.82, 2.24) is 5.32 Å². The van der Waals surface area contributed by atoms with Crippen LogP contribution in [0.25, 0.3) is 0 Å². The molecule has 2 atom stereocenters. The SMILES string of the molecule is CC/C=C\C/C=C\C/C=C\C/C=C\CCCCCCCCC(=O)OC(/C=C\C/C=C\C/C=C\CCCCC)CCCCCCCC(=O)NC(CCCN)C(=O)O. The molecule has 0 rings (SSSR count). The predicted octanol–water partition coefficient (Wildman–Crippen LogP) is 12.9. The summed E-state index contributed by atoms with van der Waals surface area (Å²) in [4.78, 5) is 36.4. The second-order valence-corrected chi connectivity index (χ2v) is 14.7. The van der Waals surface area contributed by atoms with Crippen molar-refractivity contribution in [3.63, 3.8) is 0 Å². The van der Waals surface area contributed by atoms with Crippen LogP contribution in [0, 0.1) is 0 Å².